The van der Waals surface area contributed by atoms with E-state index in [-0.39, 0.29) is 11.3 Å². The van der Waals surface area contributed by atoms with E-state index >= 15 is 0 Å². The first kappa shape index (κ1) is 19.3. The number of aromatic nitrogens is 4. The van der Waals surface area contributed by atoms with Gasteiger partial charge in [-0.05, 0) is 44.9 Å². The fraction of sp³-hybridized carbons (Fsp3) is 0.381. The van der Waals surface area contributed by atoms with Crippen LogP contribution in [-0.2, 0) is 0 Å². The second kappa shape index (κ2) is 7.44. The highest BCUT2D eigenvalue weighted by atomic mass is 19.1. The highest BCUT2D eigenvalue weighted by molar-refractivity contribution is 5.73. The summed E-state index contributed by atoms with van der Waals surface area (Å²) in [5.41, 5.74) is 2.04. The monoisotopic (exact) mass is 396 g/mol. The van der Waals surface area contributed by atoms with Gasteiger partial charge in [-0.2, -0.15) is 9.49 Å². The molecule has 1 atom stereocenters. The lowest BCUT2D eigenvalue weighted by molar-refractivity contribution is 0.373. The topological polar surface area (TPSA) is 90.0 Å². The van der Waals surface area contributed by atoms with Gasteiger partial charge in [0.05, 0.1) is 29.8 Å². The van der Waals surface area contributed by atoms with Crippen molar-refractivity contribution in [3.05, 3.63) is 42.7 Å². The van der Waals surface area contributed by atoms with Gasteiger partial charge in [-0.1, -0.05) is 6.07 Å². The fourth-order valence-corrected chi connectivity index (χ4v) is 3.71. The molecule has 8 heteroatoms. The molecule has 0 radical (unpaired) electrons. The third kappa shape index (κ3) is 4.22. The predicted molar refractivity (Wildman–Crippen MR) is 110 cm³/mol. The van der Waals surface area contributed by atoms with Gasteiger partial charge in [-0.3, -0.25) is 10.1 Å². The minimum absolute atomic E-state index is 0.0146. The van der Waals surface area contributed by atoms with Crippen molar-refractivity contribution >= 4 is 5.82 Å². The van der Waals surface area contributed by atoms with E-state index in [2.05, 4.69) is 51.2 Å². The molecule has 0 bridgehead atoms. The fourth-order valence-electron chi connectivity index (χ4n) is 3.71. The summed E-state index contributed by atoms with van der Waals surface area (Å²) in [6.07, 6.45) is 5.84. The number of nitrogens with zero attached hydrogens (tertiary/aromatic N) is 4. The summed E-state index contributed by atoms with van der Waals surface area (Å²) in [5.74, 6) is 0.301. The molecular weight excluding hydrogens is 371 g/mol. The lowest BCUT2D eigenvalue weighted by atomic mass is 10.0. The minimum atomic E-state index is -0.536. The van der Waals surface area contributed by atoms with Gasteiger partial charge in [0.2, 0.25) is 5.95 Å². The lowest BCUT2D eigenvalue weighted by Gasteiger charge is -2.26. The summed E-state index contributed by atoms with van der Waals surface area (Å²) >= 11 is 0. The van der Waals surface area contributed by atoms with Crippen molar-refractivity contribution < 1.29 is 9.50 Å². The van der Waals surface area contributed by atoms with Crippen molar-refractivity contribution in [1.82, 2.24) is 25.5 Å². The normalized spacial score (nSPS) is 17.1. The second-order valence-electron chi connectivity index (χ2n) is 8.42. The number of anilines is 1. The van der Waals surface area contributed by atoms with Crippen LogP contribution in [0.15, 0.2) is 36.8 Å². The Balaban J connectivity index is 1.49. The molecule has 1 aliphatic heterocycles. The van der Waals surface area contributed by atoms with Gasteiger partial charge >= 0.3 is 0 Å². The van der Waals surface area contributed by atoms with Crippen LogP contribution in [0.4, 0.5) is 10.2 Å². The van der Waals surface area contributed by atoms with Crippen LogP contribution in [0.5, 0.6) is 5.75 Å². The molecule has 0 amide bonds. The van der Waals surface area contributed by atoms with Gasteiger partial charge in [0.15, 0.2) is 0 Å². The number of phenolic OH excluding ortho intramolecular Hbond substituents is 1. The van der Waals surface area contributed by atoms with Crippen molar-refractivity contribution in [3.63, 3.8) is 0 Å². The molecule has 3 N–H and O–H groups in total. The largest absolute Gasteiger partial charge is 0.507 e. The number of H-pyrrole nitrogens is 1. The Morgan fingerprint density at radius 1 is 1.17 bits per heavy atom. The van der Waals surface area contributed by atoms with Crippen LogP contribution in [-0.4, -0.2) is 49.9 Å². The lowest BCUT2D eigenvalue weighted by Crippen LogP contribution is -2.44. The van der Waals surface area contributed by atoms with E-state index in [1.165, 1.54) is 12.3 Å². The Bertz CT molecular complexity index is 995. The van der Waals surface area contributed by atoms with E-state index < -0.39 is 5.95 Å². The second-order valence-corrected chi connectivity index (χ2v) is 8.42. The number of hydrogen-bond donors (Lipinski definition) is 3. The van der Waals surface area contributed by atoms with Crippen LogP contribution in [0.3, 0.4) is 0 Å². The van der Waals surface area contributed by atoms with Crippen LogP contribution in [0.2, 0.25) is 0 Å². The standard InChI is InChI=1S/C21H25FN6O/c1-21(2,3)26-14-6-7-28(12-14)19-11-23-17(10-24-19)15-5-4-13(8-18(15)29)16-9-25-27-20(16)22/h4-5,8-11,14,26,29H,6-7,12H2,1-3H3,(H,25,27). The Hall–Kier alpha value is -3.00. The molecular formula is C21H25FN6O. The smallest absolute Gasteiger partial charge is 0.216 e. The Morgan fingerprint density at radius 2 is 2.00 bits per heavy atom. The predicted octanol–water partition coefficient (Wildman–Crippen LogP) is 3.35. The number of nitrogens with one attached hydrogen (secondary N) is 2. The number of phenols is 1. The van der Waals surface area contributed by atoms with Crippen molar-refractivity contribution in [2.75, 3.05) is 18.0 Å². The molecule has 3 heterocycles. The van der Waals surface area contributed by atoms with E-state index in [0.29, 0.717) is 28.4 Å². The number of rotatable bonds is 4. The first-order valence-electron chi connectivity index (χ1n) is 9.67. The zero-order chi connectivity index (χ0) is 20.6. The summed E-state index contributed by atoms with van der Waals surface area (Å²) < 4.78 is 13.7. The minimum Gasteiger partial charge on any atom is -0.507 e. The van der Waals surface area contributed by atoms with Crippen molar-refractivity contribution in [2.45, 2.75) is 38.8 Å². The molecule has 4 rings (SSSR count). The average Bonchev–Trinajstić information content (AvgIpc) is 3.29. The first-order valence-corrected chi connectivity index (χ1v) is 9.67. The van der Waals surface area contributed by atoms with Crippen LogP contribution in [0, 0.1) is 5.95 Å². The zero-order valence-electron chi connectivity index (χ0n) is 16.8. The molecule has 3 aromatic rings. The molecule has 1 fully saturated rings. The van der Waals surface area contributed by atoms with Gasteiger partial charge in [0.25, 0.3) is 0 Å². The van der Waals surface area contributed by atoms with E-state index in [0.717, 1.165) is 25.3 Å². The number of aromatic amines is 1. The van der Waals surface area contributed by atoms with Crippen molar-refractivity contribution in [1.29, 1.82) is 0 Å². The maximum atomic E-state index is 13.7. The van der Waals surface area contributed by atoms with Crippen LogP contribution in [0.1, 0.15) is 27.2 Å². The van der Waals surface area contributed by atoms with E-state index in [9.17, 15) is 9.50 Å². The quantitative estimate of drug-likeness (QED) is 0.627. The van der Waals surface area contributed by atoms with Crippen molar-refractivity contribution in [2.24, 2.45) is 0 Å². The van der Waals surface area contributed by atoms with E-state index in [4.69, 9.17) is 0 Å². The van der Waals surface area contributed by atoms with Crippen molar-refractivity contribution in [3.8, 4) is 28.1 Å². The summed E-state index contributed by atoms with van der Waals surface area (Å²) in [6, 6.07) is 5.36. The maximum absolute atomic E-state index is 13.7. The Kier molecular flexibility index (Phi) is 4.96. The zero-order valence-corrected chi connectivity index (χ0v) is 16.8. The highest BCUT2D eigenvalue weighted by Gasteiger charge is 2.26. The number of benzene rings is 1. The van der Waals surface area contributed by atoms with Crippen LogP contribution < -0.4 is 10.2 Å². The number of halogens is 1. The molecule has 2 aromatic heterocycles. The average molecular weight is 396 g/mol. The Morgan fingerprint density at radius 3 is 2.62 bits per heavy atom. The number of aromatic hydroxyl groups is 1. The summed E-state index contributed by atoms with van der Waals surface area (Å²) in [4.78, 5) is 11.2. The molecule has 152 valence electrons. The summed E-state index contributed by atoms with van der Waals surface area (Å²) in [6.45, 7) is 8.33. The van der Waals surface area contributed by atoms with Gasteiger partial charge in [0, 0.05) is 30.2 Å². The van der Waals surface area contributed by atoms with Gasteiger partial charge in [-0.25, -0.2) is 4.98 Å². The molecule has 1 unspecified atom stereocenters. The van der Waals surface area contributed by atoms with Gasteiger partial charge < -0.3 is 15.3 Å². The third-order valence-corrected chi connectivity index (χ3v) is 4.97. The highest BCUT2D eigenvalue weighted by Crippen LogP contribution is 2.33. The molecule has 0 aliphatic carbocycles. The third-order valence-electron chi connectivity index (χ3n) is 4.97. The van der Waals surface area contributed by atoms with Gasteiger partial charge in [0.1, 0.15) is 11.6 Å². The molecule has 1 aliphatic rings. The molecule has 0 saturated carbocycles. The number of hydrogen-bond acceptors (Lipinski definition) is 6. The maximum Gasteiger partial charge on any atom is 0.216 e. The van der Waals surface area contributed by atoms with Crippen LogP contribution >= 0.6 is 0 Å². The molecule has 1 saturated heterocycles. The summed E-state index contributed by atoms with van der Waals surface area (Å²) in [5, 5.41) is 20.0. The molecule has 29 heavy (non-hydrogen) atoms. The molecule has 0 spiro atoms. The molecule has 7 nitrogen and oxygen atoms in total. The van der Waals surface area contributed by atoms with Gasteiger partial charge in [-0.15, -0.1) is 0 Å². The van der Waals surface area contributed by atoms with Crippen LogP contribution in [0.25, 0.3) is 22.4 Å². The Labute approximate surface area is 169 Å². The summed E-state index contributed by atoms with van der Waals surface area (Å²) in [7, 11) is 0. The first-order chi connectivity index (χ1) is 13.8. The SMILES string of the molecule is CC(C)(C)NC1CCN(c2cnc(-c3ccc(-c4cn[nH]c4F)cc3O)cn2)C1. The molecule has 1 aromatic carbocycles. The van der Waals surface area contributed by atoms with E-state index in [1.54, 1.807) is 24.5 Å². The van der Waals surface area contributed by atoms with E-state index in [1.807, 2.05) is 0 Å².